The lowest BCUT2D eigenvalue weighted by atomic mass is 10.4. The van der Waals surface area contributed by atoms with Gasteiger partial charge in [-0.15, -0.1) is 0 Å². The summed E-state index contributed by atoms with van der Waals surface area (Å²) in [6.07, 6.45) is 2.61. The molecule has 0 bridgehead atoms. The summed E-state index contributed by atoms with van der Waals surface area (Å²) in [5.74, 6) is -1.70. The Labute approximate surface area is 86.9 Å². The zero-order valence-corrected chi connectivity index (χ0v) is 8.60. The second-order valence-electron chi connectivity index (χ2n) is 3.42. The van der Waals surface area contributed by atoms with E-state index in [0.29, 0.717) is 5.69 Å². The summed E-state index contributed by atoms with van der Waals surface area (Å²) in [6.45, 7) is 3.91. The summed E-state index contributed by atoms with van der Waals surface area (Å²) < 4.78 is 1.68. The van der Waals surface area contributed by atoms with Crippen molar-refractivity contribution in [3.05, 3.63) is 12.4 Å². The highest BCUT2D eigenvalue weighted by Gasteiger charge is 2.09. The molecule has 0 fully saturated rings. The van der Waals surface area contributed by atoms with Gasteiger partial charge in [-0.3, -0.25) is 14.3 Å². The molecule has 2 N–H and O–H groups in total. The van der Waals surface area contributed by atoms with Gasteiger partial charge in [0.1, 0.15) is 6.42 Å². The third-order valence-electron chi connectivity index (χ3n) is 1.73. The van der Waals surface area contributed by atoms with Crippen molar-refractivity contribution >= 4 is 17.6 Å². The van der Waals surface area contributed by atoms with Gasteiger partial charge in [-0.2, -0.15) is 5.10 Å². The number of hydrogen-bond donors (Lipinski definition) is 2. The minimum atomic E-state index is -1.15. The van der Waals surface area contributed by atoms with E-state index < -0.39 is 18.3 Å². The number of carboxylic acids is 1. The van der Waals surface area contributed by atoms with Crippen molar-refractivity contribution in [1.29, 1.82) is 0 Å². The number of aromatic nitrogens is 2. The lowest BCUT2D eigenvalue weighted by Gasteiger charge is -2.03. The van der Waals surface area contributed by atoms with Gasteiger partial charge in [-0.05, 0) is 13.8 Å². The quantitative estimate of drug-likeness (QED) is 0.724. The van der Waals surface area contributed by atoms with Gasteiger partial charge in [-0.1, -0.05) is 0 Å². The zero-order chi connectivity index (χ0) is 11.4. The molecular formula is C9H13N3O3. The molecule has 1 heterocycles. The molecule has 1 rings (SSSR count). The van der Waals surface area contributed by atoms with Crippen LogP contribution in [-0.2, 0) is 9.59 Å². The van der Waals surface area contributed by atoms with Crippen LogP contribution in [0, 0.1) is 0 Å². The fourth-order valence-electron chi connectivity index (χ4n) is 1.03. The molecule has 0 aliphatic rings. The van der Waals surface area contributed by atoms with Crippen LogP contribution >= 0.6 is 0 Å². The van der Waals surface area contributed by atoms with Gasteiger partial charge in [0, 0.05) is 12.2 Å². The van der Waals surface area contributed by atoms with Crippen LogP contribution in [0.25, 0.3) is 0 Å². The first-order chi connectivity index (χ1) is 6.99. The molecule has 82 valence electrons. The van der Waals surface area contributed by atoms with Crippen LogP contribution in [0.4, 0.5) is 5.69 Å². The highest BCUT2D eigenvalue weighted by atomic mass is 16.4. The Morgan fingerprint density at radius 1 is 1.60 bits per heavy atom. The van der Waals surface area contributed by atoms with Crippen molar-refractivity contribution in [3.8, 4) is 0 Å². The summed E-state index contributed by atoms with van der Waals surface area (Å²) in [5.41, 5.74) is 0.509. The number of aliphatic carboxylic acids is 1. The maximum atomic E-state index is 11.1. The van der Waals surface area contributed by atoms with Crippen molar-refractivity contribution in [2.24, 2.45) is 0 Å². The van der Waals surface area contributed by atoms with E-state index in [1.807, 2.05) is 13.8 Å². The summed E-state index contributed by atoms with van der Waals surface area (Å²) in [5, 5.41) is 14.8. The van der Waals surface area contributed by atoms with E-state index in [2.05, 4.69) is 10.4 Å². The summed E-state index contributed by atoms with van der Waals surface area (Å²) >= 11 is 0. The molecule has 0 unspecified atom stereocenters. The maximum absolute atomic E-state index is 11.1. The SMILES string of the molecule is CC(C)n1cc(NC(=O)CC(=O)O)cn1. The molecular weight excluding hydrogens is 198 g/mol. The van der Waals surface area contributed by atoms with Crippen LogP contribution in [0.2, 0.25) is 0 Å². The first kappa shape index (κ1) is 11.2. The van der Waals surface area contributed by atoms with Crippen LogP contribution in [0.1, 0.15) is 26.3 Å². The first-order valence-corrected chi connectivity index (χ1v) is 4.55. The highest BCUT2D eigenvalue weighted by Crippen LogP contribution is 2.09. The standard InChI is InChI=1S/C9H13N3O3/c1-6(2)12-5-7(4-10-12)11-8(13)3-9(14)15/h4-6H,3H2,1-2H3,(H,11,13)(H,14,15). The number of rotatable bonds is 4. The molecule has 0 aromatic carbocycles. The molecule has 1 amide bonds. The molecule has 6 heteroatoms. The van der Waals surface area contributed by atoms with Crippen molar-refractivity contribution in [1.82, 2.24) is 9.78 Å². The predicted molar refractivity (Wildman–Crippen MR) is 53.5 cm³/mol. The minimum Gasteiger partial charge on any atom is -0.481 e. The highest BCUT2D eigenvalue weighted by molar-refractivity contribution is 6.01. The van der Waals surface area contributed by atoms with E-state index in [0.717, 1.165) is 0 Å². The normalized spacial score (nSPS) is 10.3. The Kier molecular flexibility index (Phi) is 3.43. The molecule has 0 saturated carbocycles. The van der Waals surface area contributed by atoms with E-state index in [1.54, 1.807) is 10.9 Å². The Balaban J connectivity index is 2.57. The smallest absolute Gasteiger partial charge is 0.312 e. The van der Waals surface area contributed by atoms with E-state index in [1.165, 1.54) is 6.20 Å². The Hall–Kier alpha value is -1.85. The lowest BCUT2D eigenvalue weighted by Crippen LogP contribution is -2.15. The lowest BCUT2D eigenvalue weighted by molar-refractivity contribution is -0.139. The average molecular weight is 211 g/mol. The molecule has 0 radical (unpaired) electrons. The molecule has 0 aliphatic carbocycles. The fourth-order valence-corrected chi connectivity index (χ4v) is 1.03. The van der Waals surface area contributed by atoms with Gasteiger partial charge in [-0.25, -0.2) is 0 Å². The zero-order valence-electron chi connectivity index (χ0n) is 8.60. The minimum absolute atomic E-state index is 0.204. The number of carbonyl (C=O) groups is 2. The number of carboxylic acid groups (broad SMARTS) is 1. The maximum Gasteiger partial charge on any atom is 0.312 e. The van der Waals surface area contributed by atoms with Gasteiger partial charge < -0.3 is 10.4 Å². The number of amides is 1. The molecule has 15 heavy (non-hydrogen) atoms. The van der Waals surface area contributed by atoms with E-state index in [-0.39, 0.29) is 6.04 Å². The van der Waals surface area contributed by atoms with Gasteiger partial charge >= 0.3 is 5.97 Å². The topological polar surface area (TPSA) is 84.2 Å². The van der Waals surface area contributed by atoms with E-state index in [9.17, 15) is 9.59 Å². The van der Waals surface area contributed by atoms with Gasteiger partial charge in [0.05, 0.1) is 11.9 Å². The Bertz CT molecular complexity index is 370. The van der Waals surface area contributed by atoms with Crippen LogP contribution in [-0.4, -0.2) is 26.8 Å². The van der Waals surface area contributed by atoms with E-state index >= 15 is 0 Å². The number of anilines is 1. The van der Waals surface area contributed by atoms with E-state index in [4.69, 9.17) is 5.11 Å². The molecule has 6 nitrogen and oxygen atoms in total. The van der Waals surface area contributed by atoms with Crippen LogP contribution < -0.4 is 5.32 Å². The third-order valence-corrected chi connectivity index (χ3v) is 1.73. The Morgan fingerprint density at radius 2 is 2.27 bits per heavy atom. The largest absolute Gasteiger partial charge is 0.481 e. The van der Waals surface area contributed by atoms with Crippen molar-refractivity contribution < 1.29 is 14.7 Å². The molecule has 1 aromatic rings. The van der Waals surface area contributed by atoms with Crippen molar-refractivity contribution in [3.63, 3.8) is 0 Å². The van der Waals surface area contributed by atoms with Crippen molar-refractivity contribution in [2.45, 2.75) is 26.3 Å². The second kappa shape index (κ2) is 4.59. The van der Waals surface area contributed by atoms with Gasteiger partial charge in [0.2, 0.25) is 5.91 Å². The van der Waals surface area contributed by atoms with Crippen LogP contribution in [0.15, 0.2) is 12.4 Å². The summed E-state index contributed by atoms with van der Waals surface area (Å²) in [4.78, 5) is 21.3. The predicted octanol–water partition coefficient (Wildman–Crippen LogP) is 0.877. The Morgan fingerprint density at radius 3 is 2.73 bits per heavy atom. The number of nitrogens with zero attached hydrogens (tertiary/aromatic N) is 2. The third kappa shape index (κ3) is 3.41. The average Bonchev–Trinajstić information content (AvgIpc) is 2.50. The number of carbonyl (C=O) groups excluding carboxylic acids is 1. The van der Waals surface area contributed by atoms with Gasteiger partial charge in [0.25, 0.3) is 0 Å². The number of nitrogens with one attached hydrogen (secondary N) is 1. The molecule has 1 aromatic heterocycles. The molecule has 0 saturated heterocycles. The second-order valence-corrected chi connectivity index (χ2v) is 3.42. The molecule has 0 aliphatic heterocycles. The monoisotopic (exact) mass is 211 g/mol. The van der Waals surface area contributed by atoms with Crippen LogP contribution in [0.5, 0.6) is 0 Å². The summed E-state index contributed by atoms with van der Waals surface area (Å²) in [7, 11) is 0. The summed E-state index contributed by atoms with van der Waals surface area (Å²) in [6, 6.07) is 0.204. The van der Waals surface area contributed by atoms with Crippen molar-refractivity contribution in [2.75, 3.05) is 5.32 Å². The molecule has 0 atom stereocenters. The van der Waals surface area contributed by atoms with Crippen LogP contribution in [0.3, 0.4) is 0 Å². The first-order valence-electron chi connectivity index (χ1n) is 4.55. The number of hydrogen-bond acceptors (Lipinski definition) is 3. The molecule has 0 spiro atoms. The fraction of sp³-hybridized carbons (Fsp3) is 0.444. The van der Waals surface area contributed by atoms with Gasteiger partial charge in [0.15, 0.2) is 0 Å².